The van der Waals surface area contributed by atoms with Gasteiger partial charge in [-0.1, -0.05) is 11.6 Å². The summed E-state index contributed by atoms with van der Waals surface area (Å²) in [5.41, 5.74) is 0.434. The average molecular weight is 283 g/mol. The van der Waals surface area contributed by atoms with Crippen LogP contribution in [0.25, 0.3) is 0 Å². The summed E-state index contributed by atoms with van der Waals surface area (Å²) in [6.45, 7) is 0.946. The Bertz CT molecular complexity index is 499. The number of halogens is 1. The van der Waals surface area contributed by atoms with Gasteiger partial charge in [-0.3, -0.25) is 4.79 Å². The Balaban J connectivity index is 2.00. The van der Waals surface area contributed by atoms with Gasteiger partial charge in [0.1, 0.15) is 0 Å². The largest absolute Gasteiger partial charge is 0.478 e. The first kappa shape index (κ1) is 13.8. The zero-order valence-electron chi connectivity index (χ0n) is 10.3. The van der Waals surface area contributed by atoms with E-state index in [1.165, 1.54) is 12.1 Å². The van der Waals surface area contributed by atoms with Gasteiger partial charge in [-0.05, 0) is 37.6 Å². The van der Waals surface area contributed by atoms with Gasteiger partial charge in [0.2, 0.25) is 5.91 Å². The number of amides is 1. The molecule has 19 heavy (non-hydrogen) atoms. The van der Waals surface area contributed by atoms with Gasteiger partial charge < -0.3 is 15.7 Å². The Morgan fingerprint density at radius 2 is 2.26 bits per heavy atom. The summed E-state index contributed by atoms with van der Waals surface area (Å²) in [6, 6.07) is 4.64. The molecule has 1 unspecified atom stereocenters. The SMILES string of the molecule is O=C(CC1CCCN1)Nc1ccc(Cl)c(C(=O)O)c1. The minimum absolute atomic E-state index is 0.0153. The predicted molar refractivity (Wildman–Crippen MR) is 72.7 cm³/mol. The van der Waals surface area contributed by atoms with Gasteiger partial charge in [-0.15, -0.1) is 0 Å². The van der Waals surface area contributed by atoms with E-state index in [-0.39, 0.29) is 22.5 Å². The topological polar surface area (TPSA) is 78.4 Å². The summed E-state index contributed by atoms with van der Waals surface area (Å²) in [7, 11) is 0. The summed E-state index contributed by atoms with van der Waals surface area (Å²) >= 11 is 5.76. The first-order chi connectivity index (χ1) is 9.06. The number of hydrogen-bond donors (Lipinski definition) is 3. The van der Waals surface area contributed by atoms with Crippen molar-refractivity contribution >= 4 is 29.2 Å². The van der Waals surface area contributed by atoms with Crippen molar-refractivity contribution in [3.05, 3.63) is 28.8 Å². The number of aromatic carboxylic acids is 1. The first-order valence-corrected chi connectivity index (χ1v) is 6.50. The minimum atomic E-state index is -1.11. The number of rotatable bonds is 4. The highest BCUT2D eigenvalue weighted by Crippen LogP contribution is 2.21. The number of hydrogen-bond acceptors (Lipinski definition) is 3. The third-order valence-electron chi connectivity index (χ3n) is 3.07. The maximum absolute atomic E-state index is 11.8. The maximum atomic E-state index is 11.8. The van der Waals surface area contributed by atoms with Crippen LogP contribution in [0.5, 0.6) is 0 Å². The van der Waals surface area contributed by atoms with Crippen molar-refractivity contribution in [2.24, 2.45) is 0 Å². The molecule has 0 saturated carbocycles. The molecular weight excluding hydrogens is 268 g/mol. The molecule has 0 aromatic heterocycles. The van der Waals surface area contributed by atoms with Crippen molar-refractivity contribution in [1.82, 2.24) is 5.32 Å². The summed E-state index contributed by atoms with van der Waals surface area (Å²) in [5.74, 6) is -1.24. The van der Waals surface area contributed by atoms with Gasteiger partial charge in [-0.25, -0.2) is 4.79 Å². The number of carboxylic acid groups (broad SMARTS) is 1. The maximum Gasteiger partial charge on any atom is 0.337 e. The Morgan fingerprint density at radius 3 is 2.89 bits per heavy atom. The third-order valence-corrected chi connectivity index (χ3v) is 3.40. The van der Waals surface area contributed by atoms with Gasteiger partial charge in [0, 0.05) is 18.2 Å². The van der Waals surface area contributed by atoms with Gasteiger partial charge >= 0.3 is 5.97 Å². The molecule has 1 aromatic rings. The molecule has 1 saturated heterocycles. The number of carbonyl (C=O) groups excluding carboxylic acids is 1. The molecule has 1 heterocycles. The van der Waals surface area contributed by atoms with E-state index in [0.717, 1.165) is 19.4 Å². The third kappa shape index (κ3) is 3.68. The van der Waals surface area contributed by atoms with E-state index in [1.54, 1.807) is 6.07 Å². The number of carbonyl (C=O) groups is 2. The molecule has 0 bridgehead atoms. The molecule has 3 N–H and O–H groups in total. The summed E-state index contributed by atoms with van der Waals surface area (Å²) in [4.78, 5) is 22.7. The quantitative estimate of drug-likeness (QED) is 0.790. The number of carboxylic acids is 1. The highest BCUT2D eigenvalue weighted by molar-refractivity contribution is 6.33. The molecule has 1 aliphatic heterocycles. The lowest BCUT2D eigenvalue weighted by atomic mass is 10.1. The summed E-state index contributed by atoms with van der Waals surface area (Å²) < 4.78 is 0. The fourth-order valence-electron chi connectivity index (χ4n) is 2.13. The molecule has 1 aliphatic rings. The molecule has 102 valence electrons. The lowest BCUT2D eigenvalue weighted by Gasteiger charge is -2.11. The van der Waals surface area contributed by atoms with E-state index >= 15 is 0 Å². The normalized spacial score (nSPS) is 18.3. The Hall–Kier alpha value is -1.59. The van der Waals surface area contributed by atoms with E-state index < -0.39 is 5.97 Å². The summed E-state index contributed by atoms with van der Waals surface area (Å²) in [6.07, 6.45) is 2.47. The van der Waals surface area contributed by atoms with Crippen LogP contribution in [0.3, 0.4) is 0 Å². The lowest BCUT2D eigenvalue weighted by molar-refractivity contribution is -0.116. The first-order valence-electron chi connectivity index (χ1n) is 6.12. The van der Waals surface area contributed by atoms with E-state index in [9.17, 15) is 9.59 Å². The fraction of sp³-hybridized carbons (Fsp3) is 0.385. The molecule has 1 atom stereocenters. The second-order valence-corrected chi connectivity index (χ2v) is 4.95. The highest BCUT2D eigenvalue weighted by atomic mass is 35.5. The number of anilines is 1. The van der Waals surface area contributed by atoms with Crippen LogP contribution in [0.15, 0.2) is 18.2 Å². The molecule has 0 spiro atoms. The van der Waals surface area contributed by atoms with Crippen LogP contribution in [0.1, 0.15) is 29.6 Å². The van der Waals surface area contributed by atoms with Crippen molar-refractivity contribution < 1.29 is 14.7 Å². The van der Waals surface area contributed by atoms with Gasteiger partial charge in [-0.2, -0.15) is 0 Å². The molecule has 0 aliphatic carbocycles. The Labute approximate surface area is 116 Å². The van der Waals surface area contributed by atoms with Gasteiger partial charge in [0.25, 0.3) is 0 Å². The Morgan fingerprint density at radius 1 is 1.47 bits per heavy atom. The van der Waals surface area contributed by atoms with Crippen molar-refractivity contribution in [2.75, 3.05) is 11.9 Å². The minimum Gasteiger partial charge on any atom is -0.478 e. The monoisotopic (exact) mass is 282 g/mol. The number of nitrogens with one attached hydrogen (secondary N) is 2. The standard InChI is InChI=1S/C13H15ClN2O3/c14-11-4-3-9(6-10(11)13(18)19)16-12(17)7-8-2-1-5-15-8/h3-4,6,8,15H,1-2,5,7H2,(H,16,17)(H,18,19). The molecule has 2 rings (SSSR count). The predicted octanol–water partition coefficient (Wildman–Crippen LogP) is 2.12. The smallest absolute Gasteiger partial charge is 0.337 e. The van der Waals surface area contributed by atoms with Crippen LogP contribution in [0.4, 0.5) is 5.69 Å². The van der Waals surface area contributed by atoms with E-state index in [2.05, 4.69) is 10.6 Å². The van der Waals surface area contributed by atoms with Crippen LogP contribution in [0, 0.1) is 0 Å². The molecule has 1 fully saturated rings. The van der Waals surface area contributed by atoms with E-state index in [0.29, 0.717) is 12.1 Å². The molecular formula is C13H15ClN2O3. The van der Waals surface area contributed by atoms with Crippen LogP contribution in [-0.2, 0) is 4.79 Å². The summed E-state index contributed by atoms with van der Waals surface area (Å²) in [5, 5.41) is 15.0. The lowest BCUT2D eigenvalue weighted by Crippen LogP contribution is -2.27. The number of benzene rings is 1. The van der Waals surface area contributed by atoms with Crippen LogP contribution in [-0.4, -0.2) is 29.6 Å². The Kier molecular flexibility index (Phi) is 4.39. The van der Waals surface area contributed by atoms with Crippen LogP contribution < -0.4 is 10.6 Å². The highest BCUT2D eigenvalue weighted by Gasteiger charge is 2.18. The van der Waals surface area contributed by atoms with Crippen molar-refractivity contribution in [3.8, 4) is 0 Å². The zero-order valence-corrected chi connectivity index (χ0v) is 11.0. The van der Waals surface area contributed by atoms with Crippen molar-refractivity contribution in [1.29, 1.82) is 0 Å². The second kappa shape index (κ2) is 6.04. The van der Waals surface area contributed by atoms with E-state index in [4.69, 9.17) is 16.7 Å². The van der Waals surface area contributed by atoms with Crippen LogP contribution in [0.2, 0.25) is 5.02 Å². The van der Waals surface area contributed by atoms with Crippen molar-refractivity contribution in [2.45, 2.75) is 25.3 Å². The van der Waals surface area contributed by atoms with Gasteiger partial charge in [0.15, 0.2) is 0 Å². The molecule has 6 heteroatoms. The van der Waals surface area contributed by atoms with Gasteiger partial charge in [0.05, 0.1) is 10.6 Å². The second-order valence-electron chi connectivity index (χ2n) is 4.55. The zero-order chi connectivity index (χ0) is 13.8. The molecule has 5 nitrogen and oxygen atoms in total. The average Bonchev–Trinajstić information content (AvgIpc) is 2.84. The molecule has 1 aromatic carbocycles. The fourth-order valence-corrected chi connectivity index (χ4v) is 2.33. The van der Waals surface area contributed by atoms with E-state index in [1.807, 2.05) is 0 Å². The van der Waals surface area contributed by atoms with Crippen molar-refractivity contribution in [3.63, 3.8) is 0 Å². The van der Waals surface area contributed by atoms with Crippen LogP contribution >= 0.6 is 11.6 Å². The molecule has 1 amide bonds. The molecule has 0 radical (unpaired) electrons.